The zero-order valence-corrected chi connectivity index (χ0v) is 27.4. The van der Waals surface area contributed by atoms with Crippen molar-refractivity contribution < 1.29 is 54.2 Å². The summed E-state index contributed by atoms with van der Waals surface area (Å²) >= 11 is 12.5. The second kappa shape index (κ2) is 13.6. The Morgan fingerprint density at radius 3 is 2.22 bits per heavy atom. The van der Waals surface area contributed by atoms with E-state index in [1.54, 1.807) is 47.4 Å². The number of aliphatic carboxylic acids is 1. The number of nitrogens with zero attached hydrogens (tertiary/aromatic N) is 2. The van der Waals surface area contributed by atoms with Gasteiger partial charge in [0.05, 0.1) is 12.6 Å². The molecular formula is C30H34Cl2N3NaO5. The molecule has 1 heterocycles. The number of benzene rings is 2. The second-order valence-electron chi connectivity index (χ2n) is 11.6. The number of carboxylic acids is 1. The first-order valence-electron chi connectivity index (χ1n) is 13.4. The Hall–Kier alpha value is -1.94. The predicted octanol–water partition coefficient (Wildman–Crippen LogP) is 1.16. The molecule has 2 aromatic rings. The molecule has 1 aliphatic carbocycles. The summed E-state index contributed by atoms with van der Waals surface area (Å²) < 4.78 is 0. The van der Waals surface area contributed by atoms with Gasteiger partial charge < -0.3 is 25.2 Å². The second-order valence-corrected chi connectivity index (χ2v) is 12.5. The van der Waals surface area contributed by atoms with Crippen molar-refractivity contribution in [2.75, 3.05) is 13.2 Å². The summed E-state index contributed by atoms with van der Waals surface area (Å²) in [5, 5.41) is 24.6. The topological polar surface area (TPSA) is 122 Å². The van der Waals surface area contributed by atoms with Crippen molar-refractivity contribution in [3.8, 4) is 0 Å². The first kappa shape index (κ1) is 33.6. The van der Waals surface area contributed by atoms with E-state index in [0.29, 0.717) is 45.5 Å². The molecule has 2 aliphatic rings. The van der Waals surface area contributed by atoms with Crippen molar-refractivity contribution in [3.63, 3.8) is 0 Å². The van der Waals surface area contributed by atoms with E-state index in [1.165, 1.54) is 0 Å². The number of nitrogens with one attached hydrogen (secondary N) is 1. The van der Waals surface area contributed by atoms with Gasteiger partial charge in [-0.25, -0.2) is 0 Å². The SMILES string of the molecule is CC(C)(C)C1CCC2(CC1)N=C(c1cc(Cl)cc(Cl)c1)C(=O)N2[C@H](CO)c1ccc(C(=O)NCCC(=O)[O-])cc1.[Na+]. The fourth-order valence-electron chi connectivity index (χ4n) is 5.79. The molecule has 2 aromatic carbocycles. The molecule has 4 rings (SSSR count). The van der Waals surface area contributed by atoms with Crippen molar-refractivity contribution in [2.24, 2.45) is 16.3 Å². The minimum Gasteiger partial charge on any atom is -0.550 e. The molecule has 1 spiro atoms. The molecule has 8 nitrogen and oxygen atoms in total. The third-order valence-corrected chi connectivity index (χ3v) is 8.43. The van der Waals surface area contributed by atoms with Gasteiger partial charge in [-0.3, -0.25) is 14.6 Å². The van der Waals surface area contributed by atoms with Gasteiger partial charge in [0.25, 0.3) is 11.8 Å². The van der Waals surface area contributed by atoms with E-state index >= 15 is 0 Å². The number of carboxylic acid groups (broad SMARTS) is 1. The van der Waals surface area contributed by atoms with E-state index in [1.807, 2.05) is 0 Å². The van der Waals surface area contributed by atoms with Crippen molar-refractivity contribution in [2.45, 2.75) is 64.6 Å². The maximum absolute atomic E-state index is 14.1. The smallest absolute Gasteiger partial charge is 0.550 e. The summed E-state index contributed by atoms with van der Waals surface area (Å²) in [7, 11) is 0. The van der Waals surface area contributed by atoms with Crippen LogP contribution in [0.15, 0.2) is 47.5 Å². The number of hydrogen-bond donors (Lipinski definition) is 2. The van der Waals surface area contributed by atoms with Crippen LogP contribution in [-0.4, -0.2) is 52.3 Å². The first-order valence-corrected chi connectivity index (χ1v) is 14.2. The van der Waals surface area contributed by atoms with Crippen LogP contribution in [-0.2, 0) is 9.59 Å². The Morgan fingerprint density at radius 2 is 1.71 bits per heavy atom. The number of hydrogen-bond acceptors (Lipinski definition) is 6. The van der Waals surface area contributed by atoms with Crippen molar-refractivity contribution in [1.82, 2.24) is 10.2 Å². The van der Waals surface area contributed by atoms with E-state index in [2.05, 4.69) is 26.1 Å². The molecule has 1 fully saturated rings. The molecule has 1 aliphatic heterocycles. The average Bonchev–Trinajstić information content (AvgIpc) is 3.15. The number of carbonyl (C=O) groups is 3. The number of aliphatic hydroxyl groups excluding tert-OH is 1. The summed E-state index contributed by atoms with van der Waals surface area (Å²) in [4.78, 5) is 43.9. The fourth-order valence-corrected chi connectivity index (χ4v) is 6.32. The standard InChI is InChI=1S/C30H35Cl2N3O5.Na/c1-29(2,3)21-8-11-30(12-9-21)34-26(20-14-22(31)16-23(32)15-20)28(40)35(30)24(17-36)18-4-6-19(7-5-18)27(39)33-13-10-25(37)38;/h4-7,14-16,21,24,36H,8-13,17H2,1-3H3,(H,33,39)(H,37,38);/q;+1/p-1/t21?,24-,30?;/m1./s1. The summed E-state index contributed by atoms with van der Waals surface area (Å²) in [6, 6.07) is 10.8. The van der Waals surface area contributed by atoms with E-state index in [-0.39, 0.29) is 66.2 Å². The maximum atomic E-state index is 14.1. The minimum atomic E-state index is -1.25. The third kappa shape index (κ3) is 7.53. The molecule has 0 aromatic heterocycles. The molecule has 0 unspecified atom stereocenters. The van der Waals surface area contributed by atoms with E-state index in [9.17, 15) is 24.6 Å². The number of aliphatic imine (C=N–C) groups is 1. The first-order chi connectivity index (χ1) is 18.8. The quantitative estimate of drug-likeness (QED) is 0.435. The van der Waals surface area contributed by atoms with E-state index < -0.39 is 23.6 Å². The van der Waals surface area contributed by atoms with Crippen LogP contribution < -0.4 is 40.0 Å². The van der Waals surface area contributed by atoms with Crippen LogP contribution in [0, 0.1) is 11.3 Å². The van der Waals surface area contributed by atoms with Gasteiger partial charge in [-0.15, -0.1) is 0 Å². The van der Waals surface area contributed by atoms with Gasteiger partial charge >= 0.3 is 29.6 Å². The predicted molar refractivity (Wildman–Crippen MR) is 152 cm³/mol. The number of carbonyl (C=O) groups excluding carboxylic acids is 3. The van der Waals surface area contributed by atoms with Crippen LogP contribution >= 0.6 is 23.2 Å². The molecule has 0 saturated heterocycles. The zero-order valence-electron chi connectivity index (χ0n) is 23.9. The van der Waals surface area contributed by atoms with Gasteiger partial charge in [0.1, 0.15) is 11.4 Å². The Bertz CT molecular complexity index is 1300. The van der Waals surface area contributed by atoms with E-state index in [0.717, 1.165) is 12.8 Å². The maximum Gasteiger partial charge on any atom is 1.00 e. The number of rotatable bonds is 8. The van der Waals surface area contributed by atoms with Crippen molar-refractivity contribution in [3.05, 3.63) is 69.2 Å². The van der Waals surface area contributed by atoms with Gasteiger partial charge in [0.2, 0.25) is 0 Å². The van der Waals surface area contributed by atoms with Crippen molar-refractivity contribution >= 4 is 46.7 Å². The van der Waals surface area contributed by atoms with Gasteiger partial charge in [-0.1, -0.05) is 56.1 Å². The van der Waals surface area contributed by atoms with Gasteiger partial charge in [-0.05, 0) is 72.9 Å². The van der Waals surface area contributed by atoms with E-state index in [4.69, 9.17) is 28.2 Å². The number of amides is 2. The molecule has 214 valence electrons. The van der Waals surface area contributed by atoms with Gasteiger partial charge in [0, 0.05) is 40.1 Å². The largest absolute Gasteiger partial charge is 1.00 e. The van der Waals surface area contributed by atoms with Crippen molar-refractivity contribution in [1.29, 1.82) is 0 Å². The molecule has 0 bridgehead atoms. The van der Waals surface area contributed by atoms with Gasteiger partial charge in [-0.2, -0.15) is 0 Å². The molecular weight excluding hydrogens is 576 g/mol. The number of aliphatic hydroxyl groups is 1. The normalized spacial score (nSPS) is 21.3. The summed E-state index contributed by atoms with van der Waals surface area (Å²) in [5.74, 6) is -1.51. The van der Waals surface area contributed by atoms with Crippen LogP contribution in [0.25, 0.3) is 0 Å². The van der Waals surface area contributed by atoms with Crippen LogP contribution in [0.1, 0.15) is 80.4 Å². The molecule has 0 radical (unpaired) electrons. The average molecular weight is 611 g/mol. The summed E-state index contributed by atoms with van der Waals surface area (Å²) in [6.45, 7) is 6.29. The van der Waals surface area contributed by atoms with Crippen LogP contribution in [0.2, 0.25) is 10.0 Å². The molecule has 1 atom stereocenters. The van der Waals surface area contributed by atoms with Gasteiger partial charge in [0.15, 0.2) is 0 Å². The zero-order chi connectivity index (χ0) is 29.2. The fraction of sp³-hybridized carbons (Fsp3) is 0.467. The third-order valence-electron chi connectivity index (χ3n) is 7.99. The minimum absolute atomic E-state index is 0. The Balaban J connectivity index is 0.00000462. The van der Waals surface area contributed by atoms with Crippen LogP contribution in [0.3, 0.4) is 0 Å². The summed E-state index contributed by atoms with van der Waals surface area (Å²) in [5.41, 5.74) is 1.06. The Labute approximate surface area is 272 Å². The molecule has 1 saturated carbocycles. The molecule has 2 N–H and O–H groups in total. The number of halogens is 2. The monoisotopic (exact) mass is 609 g/mol. The molecule has 2 amide bonds. The molecule has 11 heteroatoms. The Kier molecular flexibility index (Phi) is 11.1. The molecule has 41 heavy (non-hydrogen) atoms. The van der Waals surface area contributed by atoms with Crippen LogP contribution in [0.5, 0.6) is 0 Å². The summed E-state index contributed by atoms with van der Waals surface area (Å²) in [6.07, 6.45) is 2.76. The Morgan fingerprint density at radius 1 is 1.12 bits per heavy atom. The van der Waals surface area contributed by atoms with Crippen LogP contribution in [0.4, 0.5) is 0 Å².